The number of aryl methyl sites for hydroxylation is 1. The van der Waals surface area contributed by atoms with Crippen LogP contribution in [0.15, 0.2) is 46.3 Å². The van der Waals surface area contributed by atoms with Gasteiger partial charge in [0.25, 0.3) is 0 Å². The minimum atomic E-state index is -3.23. The van der Waals surface area contributed by atoms with Crippen LogP contribution in [0.1, 0.15) is 23.6 Å². The van der Waals surface area contributed by atoms with Crippen LogP contribution < -0.4 is 15.4 Å². The molecule has 2 rings (SSSR count). The zero-order valence-electron chi connectivity index (χ0n) is 16.6. The van der Waals surface area contributed by atoms with Gasteiger partial charge >= 0.3 is 0 Å². The van der Waals surface area contributed by atoms with Crippen molar-refractivity contribution in [2.75, 3.05) is 19.9 Å². The van der Waals surface area contributed by atoms with Crippen molar-refractivity contribution in [3.05, 3.63) is 53.1 Å². The standard InChI is InChI=1S/C20H27N3O4S/c1-5-21-20(23-13-16-7-6-8-17(27-3)19(16)24)22-12-15-9-10-18(14(2)11-15)28(4,25)26/h6-11,24H,5,12-13H2,1-4H3,(H2,21,22,23). The van der Waals surface area contributed by atoms with Crippen LogP contribution in [0.4, 0.5) is 0 Å². The summed E-state index contributed by atoms with van der Waals surface area (Å²) in [7, 11) is -1.72. The predicted octanol–water partition coefficient (Wildman–Crippen LogP) is 2.37. The maximum atomic E-state index is 11.7. The fourth-order valence-corrected chi connectivity index (χ4v) is 3.75. The third-order valence-electron chi connectivity index (χ3n) is 4.15. The van der Waals surface area contributed by atoms with Crippen molar-refractivity contribution in [3.63, 3.8) is 0 Å². The second-order valence-electron chi connectivity index (χ2n) is 6.39. The molecule has 0 saturated heterocycles. The van der Waals surface area contributed by atoms with Gasteiger partial charge in [-0.3, -0.25) is 0 Å². The van der Waals surface area contributed by atoms with Gasteiger partial charge in [-0.1, -0.05) is 24.3 Å². The third kappa shape index (κ3) is 5.63. The molecule has 0 atom stereocenters. The van der Waals surface area contributed by atoms with Gasteiger partial charge in [0.2, 0.25) is 0 Å². The van der Waals surface area contributed by atoms with Crippen molar-refractivity contribution in [2.45, 2.75) is 31.8 Å². The Morgan fingerprint density at radius 2 is 1.96 bits per heavy atom. The van der Waals surface area contributed by atoms with Gasteiger partial charge in [-0.05, 0) is 37.1 Å². The molecule has 0 amide bonds. The van der Waals surface area contributed by atoms with E-state index in [4.69, 9.17) is 4.74 Å². The Hall–Kier alpha value is -2.74. The fraction of sp³-hybridized carbons (Fsp3) is 0.350. The molecule has 2 aromatic rings. The number of ether oxygens (including phenoxy) is 1. The molecular weight excluding hydrogens is 378 g/mol. The van der Waals surface area contributed by atoms with Crippen LogP contribution in [0.5, 0.6) is 11.5 Å². The second kappa shape index (κ2) is 9.45. The van der Waals surface area contributed by atoms with Crippen molar-refractivity contribution in [1.29, 1.82) is 0 Å². The summed E-state index contributed by atoms with van der Waals surface area (Å²) in [4.78, 5) is 4.87. The van der Waals surface area contributed by atoms with Gasteiger partial charge in [-0.15, -0.1) is 0 Å². The van der Waals surface area contributed by atoms with E-state index in [0.717, 1.165) is 5.56 Å². The van der Waals surface area contributed by atoms with Gasteiger partial charge in [-0.2, -0.15) is 0 Å². The number of phenolic OH excluding ortho intramolecular Hbond substituents is 1. The van der Waals surface area contributed by atoms with Crippen molar-refractivity contribution in [3.8, 4) is 11.5 Å². The third-order valence-corrected chi connectivity index (χ3v) is 5.41. The van der Waals surface area contributed by atoms with Gasteiger partial charge in [-0.25, -0.2) is 13.4 Å². The Balaban J connectivity index is 2.12. The summed E-state index contributed by atoms with van der Waals surface area (Å²) in [5, 5.41) is 16.5. The number of nitrogens with zero attached hydrogens (tertiary/aromatic N) is 1. The predicted molar refractivity (Wildman–Crippen MR) is 111 cm³/mol. The highest BCUT2D eigenvalue weighted by Crippen LogP contribution is 2.29. The van der Waals surface area contributed by atoms with Crippen LogP contribution in [0.25, 0.3) is 0 Å². The lowest BCUT2D eigenvalue weighted by Gasteiger charge is -2.13. The van der Waals surface area contributed by atoms with Gasteiger partial charge < -0.3 is 20.5 Å². The van der Waals surface area contributed by atoms with Crippen molar-refractivity contribution in [2.24, 2.45) is 4.99 Å². The minimum absolute atomic E-state index is 0.0975. The monoisotopic (exact) mass is 405 g/mol. The summed E-state index contributed by atoms with van der Waals surface area (Å²) in [5.74, 6) is 1.11. The largest absolute Gasteiger partial charge is 0.504 e. The lowest BCUT2D eigenvalue weighted by atomic mass is 10.1. The number of phenols is 1. The summed E-state index contributed by atoms with van der Waals surface area (Å²) in [6.07, 6.45) is 1.20. The molecule has 7 nitrogen and oxygen atoms in total. The van der Waals surface area contributed by atoms with Crippen LogP contribution >= 0.6 is 0 Å². The summed E-state index contributed by atoms with van der Waals surface area (Å²) in [6.45, 7) is 5.19. The van der Waals surface area contributed by atoms with E-state index in [1.165, 1.54) is 13.4 Å². The zero-order valence-corrected chi connectivity index (χ0v) is 17.4. The summed E-state index contributed by atoms with van der Waals surface area (Å²) in [5.41, 5.74) is 2.30. The number of hydrogen-bond acceptors (Lipinski definition) is 5. The fourth-order valence-electron chi connectivity index (χ4n) is 2.79. The molecule has 0 bridgehead atoms. The molecular formula is C20H27N3O4S. The van der Waals surface area contributed by atoms with E-state index in [2.05, 4.69) is 15.6 Å². The average Bonchev–Trinajstić information content (AvgIpc) is 2.64. The number of hydrogen-bond donors (Lipinski definition) is 3. The normalized spacial score (nSPS) is 11.9. The Bertz CT molecular complexity index is 956. The van der Waals surface area contributed by atoms with Crippen molar-refractivity contribution in [1.82, 2.24) is 10.6 Å². The molecule has 0 aromatic heterocycles. The Labute approximate surface area is 166 Å². The van der Waals surface area contributed by atoms with Crippen molar-refractivity contribution < 1.29 is 18.3 Å². The number of aliphatic imine (C=N–C) groups is 1. The molecule has 0 aliphatic carbocycles. The Kier molecular flexibility index (Phi) is 7.28. The molecule has 28 heavy (non-hydrogen) atoms. The van der Waals surface area contributed by atoms with Crippen LogP contribution in [-0.4, -0.2) is 39.4 Å². The smallest absolute Gasteiger partial charge is 0.191 e. The highest BCUT2D eigenvalue weighted by Gasteiger charge is 2.11. The van der Waals surface area contributed by atoms with Crippen LogP contribution in [-0.2, 0) is 22.9 Å². The first-order valence-electron chi connectivity index (χ1n) is 8.92. The topological polar surface area (TPSA) is 100 Å². The number of nitrogens with one attached hydrogen (secondary N) is 2. The van der Waals surface area contributed by atoms with E-state index in [1.807, 2.05) is 25.1 Å². The molecule has 0 spiro atoms. The van der Waals surface area contributed by atoms with E-state index in [0.29, 0.717) is 47.4 Å². The first kappa shape index (κ1) is 21.6. The molecule has 0 aliphatic heterocycles. The molecule has 0 saturated carbocycles. The van der Waals surface area contributed by atoms with Crippen LogP contribution in [0, 0.1) is 6.92 Å². The maximum absolute atomic E-state index is 11.7. The van der Waals surface area contributed by atoms with Gasteiger partial charge in [0.05, 0.1) is 18.6 Å². The van der Waals surface area contributed by atoms with Crippen LogP contribution in [0.2, 0.25) is 0 Å². The average molecular weight is 406 g/mol. The van der Waals surface area contributed by atoms with E-state index >= 15 is 0 Å². The minimum Gasteiger partial charge on any atom is -0.504 e. The molecule has 0 aliphatic rings. The van der Waals surface area contributed by atoms with Crippen LogP contribution in [0.3, 0.4) is 0 Å². The van der Waals surface area contributed by atoms with Gasteiger partial charge in [0.15, 0.2) is 27.3 Å². The highest BCUT2D eigenvalue weighted by molar-refractivity contribution is 7.90. The SMILES string of the molecule is CCNC(=NCc1ccc(S(C)(=O)=O)c(C)c1)NCc1cccc(OC)c1O. The van der Waals surface area contributed by atoms with E-state index in [-0.39, 0.29) is 5.75 Å². The van der Waals surface area contributed by atoms with Gasteiger partial charge in [0, 0.05) is 24.9 Å². The summed E-state index contributed by atoms with van der Waals surface area (Å²) in [6, 6.07) is 10.5. The first-order valence-corrected chi connectivity index (χ1v) is 10.8. The molecule has 0 radical (unpaired) electrons. The summed E-state index contributed by atoms with van der Waals surface area (Å²) >= 11 is 0. The van der Waals surface area contributed by atoms with E-state index in [9.17, 15) is 13.5 Å². The Morgan fingerprint density at radius 3 is 2.57 bits per heavy atom. The molecule has 0 unspecified atom stereocenters. The molecule has 3 N–H and O–H groups in total. The van der Waals surface area contributed by atoms with Gasteiger partial charge in [0.1, 0.15) is 0 Å². The number of methoxy groups -OCH3 is 1. The molecule has 152 valence electrons. The lowest BCUT2D eigenvalue weighted by Crippen LogP contribution is -2.36. The molecule has 8 heteroatoms. The second-order valence-corrected chi connectivity index (χ2v) is 8.37. The first-order chi connectivity index (χ1) is 13.3. The lowest BCUT2D eigenvalue weighted by molar-refractivity contribution is 0.370. The number of sulfone groups is 1. The quantitative estimate of drug-likeness (QED) is 0.483. The highest BCUT2D eigenvalue weighted by atomic mass is 32.2. The van der Waals surface area contributed by atoms with E-state index in [1.54, 1.807) is 25.1 Å². The molecule has 0 heterocycles. The van der Waals surface area contributed by atoms with Crippen molar-refractivity contribution >= 4 is 15.8 Å². The Morgan fingerprint density at radius 1 is 1.21 bits per heavy atom. The maximum Gasteiger partial charge on any atom is 0.191 e. The number of guanidine groups is 1. The zero-order chi connectivity index (χ0) is 20.7. The molecule has 0 fully saturated rings. The molecule has 2 aromatic carbocycles. The summed E-state index contributed by atoms with van der Waals surface area (Å²) < 4.78 is 28.6. The number of benzene rings is 2. The number of para-hydroxylation sites is 1. The number of aromatic hydroxyl groups is 1. The number of rotatable bonds is 7. The van der Waals surface area contributed by atoms with E-state index < -0.39 is 9.84 Å².